The third-order valence-electron chi connectivity index (χ3n) is 3.33. The minimum absolute atomic E-state index is 0.258. The van der Waals surface area contributed by atoms with Gasteiger partial charge in [-0.05, 0) is 30.7 Å². The Kier molecular flexibility index (Phi) is 5.00. The third-order valence-corrected chi connectivity index (χ3v) is 4.19. The Hall–Kier alpha value is -1.56. The van der Waals surface area contributed by atoms with Crippen molar-refractivity contribution in [1.29, 1.82) is 0 Å². The molecular formula is C14H20N2O3S. The van der Waals surface area contributed by atoms with E-state index in [1.807, 2.05) is 24.4 Å². The maximum atomic E-state index is 12.3. The van der Waals surface area contributed by atoms with Crippen LogP contribution in [0.5, 0.6) is 0 Å². The Morgan fingerprint density at radius 1 is 1.55 bits per heavy atom. The molecule has 0 saturated heterocycles. The van der Waals surface area contributed by atoms with Crippen LogP contribution in [0.3, 0.4) is 0 Å². The first-order valence-corrected chi connectivity index (χ1v) is 7.82. The summed E-state index contributed by atoms with van der Waals surface area (Å²) in [4.78, 5) is 26.3. The van der Waals surface area contributed by atoms with E-state index >= 15 is 0 Å². The molecule has 110 valence electrons. The number of thiophene rings is 1. The summed E-state index contributed by atoms with van der Waals surface area (Å²) in [6.07, 6.45) is 3.19. The molecule has 1 fully saturated rings. The summed E-state index contributed by atoms with van der Waals surface area (Å²) in [6.45, 7) is 2.47. The fourth-order valence-electron chi connectivity index (χ4n) is 2.10. The quantitative estimate of drug-likeness (QED) is 0.812. The molecule has 0 bridgehead atoms. The fourth-order valence-corrected chi connectivity index (χ4v) is 2.80. The highest BCUT2D eigenvalue weighted by atomic mass is 32.1. The number of carbonyl (C=O) groups excluding carboxylic acids is 1. The molecule has 1 aliphatic rings. The molecule has 1 heterocycles. The summed E-state index contributed by atoms with van der Waals surface area (Å²) in [6, 6.07) is 3.15. The average Bonchev–Trinajstić information content (AvgIpc) is 3.12. The van der Waals surface area contributed by atoms with Crippen molar-refractivity contribution in [3.8, 4) is 0 Å². The minimum atomic E-state index is -0.966. The van der Waals surface area contributed by atoms with Gasteiger partial charge in [-0.3, -0.25) is 0 Å². The largest absolute Gasteiger partial charge is 0.480 e. The highest BCUT2D eigenvalue weighted by Crippen LogP contribution is 2.29. The molecule has 1 aromatic rings. The van der Waals surface area contributed by atoms with Crippen LogP contribution in [0.4, 0.5) is 4.79 Å². The summed E-state index contributed by atoms with van der Waals surface area (Å²) in [5.41, 5.74) is 0. The minimum Gasteiger partial charge on any atom is -0.480 e. The molecule has 1 aromatic heterocycles. The molecule has 2 N–H and O–H groups in total. The zero-order valence-corrected chi connectivity index (χ0v) is 12.4. The first-order valence-electron chi connectivity index (χ1n) is 6.94. The van der Waals surface area contributed by atoms with Crippen LogP contribution in [0.15, 0.2) is 17.5 Å². The number of aliphatic carboxylic acids is 1. The number of urea groups is 1. The Morgan fingerprint density at radius 3 is 2.80 bits per heavy atom. The van der Waals surface area contributed by atoms with Crippen LogP contribution >= 0.6 is 11.3 Å². The van der Waals surface area contributed by atoms with E-state index in [1.54, 1.807) is 16.2 Å². The van der Waals surface area contributed by atoms with Crippen LogP contribution in [0.25, 0.3) is 0 Å². The zero-order valence-electron chi connectivity index (χ0n) is 11.5. The number of hydrogen-bond acceptors (Lipinski definition) is 3. The van der Waals surface area contributed by atoms with E-state index in [2.05, 4.69) is 5.32 Å². The van der Waals surface area contributed by atoms with Gasteiger partial charge in [-0.1, -0.05) is 19.4 Å². The molecule has 1 saturated carbocycles. The van der Waals surface area contributed by atoms with Crippen LogP contribution in [0, 0.1) is 0 Å². The van der Waals surface area contributed by atoms with Crippen molar-refractivity contribution < 1.29 is 14.7 Å². The highest BCUT2D eigenvalue weighted by molar-refractivity contribution is 7.09. The molecule has 0 spiro atoms. The van der Waals surface area contributed by atoms with Crippen molar-refractivity contribution in [1.82, 2.24) is 10.2 Å². The van der Waals surface area contributed by atoms with Crippen LogP contribution in [0.2, 0.25) is 0 Å². The molecule has 0 unspecified atom stereocenters. The third kappa shape index (κ3) is 3.96. The molecule has 5 nitrogen and oxygen atoms in total. The lowest BCUT2D eigenvalue weighted by atomic mass is 10.2. The lowest BCUT2D eigenvalue weighted by Crippen LogP contribution is -2.48. The van der Waals surface area contributed by atoms with Crippen molar-refractivity contribution >= 4 is 23.3 Å². The van der Waals surface area contributed by atoms with Gasteiger partial charge in [0.1, 0.15) is 6.04 Å². The van der Waals surface area contributed by atoms with Crippen molar-refractivity contribution in [2.24, 2.45) is 0 Å². The molecule has 0 radical (unpaired) electrons. The van der Waals surface area contributed by atoms with E-state index in [-0.39, 0.29) is 12.1 Å². The monoisotopic (exact) mass is 296 g/mol. The van der Waals surface area contributed by atoms with E-state index < -0.39 is 12.0 Å². The number of carboxylic acids is 1. The van der Waals surface area contributed by atoms with Crippen molar-refractivity contribution in [2.75, 3.05) is 0 Å². The number of nitrogens with zero attached hydrogens (tertiary/aromatic N) is 1. The number of nitrogens with one attached hydrogen (secondary N) is 1. The van der Waals surface area contributed by atoms with Crippen molar-refractivity contribution in [3.63, 3.8) is 0 Å². The second-order valence-electron chi connectivity index (χ2n) is 5.07. The van der Waals surface area contributed by atoms with Crippen molar-refractivity contribution in [3.05, 3.63) is 22.4 Å². The molecule has 1 atom stereocenters. The molecule has 20 heavy (non-hydrogen) atoms. The van der Waals surface area contributed by atoms with Gasteiger partial charge in [-0.15, -0.1) is 11.3 Å². The lowest BCUT2D eigenvalue weighted by molar-refractivity contribution is -0.139. The number of hydrogen-bond donors (Lipinski definition) is 2. The second kappa shape index (κ2) is 6.74. The number of carboxylic acid groups (broad SMARTS) is 1. The van der Waals surface area contributed by atoms with Crippen LogP contribution < -0.4 is 5.32 Å². The van der Waals surface area contributed by atoms with Gasteiger partial charge in [-0.25, -0.2) is 9.59 Å². The van der Waals surface area contributed by atoms with Gasteiger partial charge in [0, 0.05) is 10.9 Å². The van der Waals surface area contributed by atoms with Gasteiger partial charge in [-0.2, -0.15) is 0 Å². The zero-order chi connectivity index (χ0) is 14.5. The van der Waals surface area contributed by atoms with Gasteiger partial charge in [0.05, 0.1) is 6.54 Å². The summed E-state index contributed by atoms with van der Waals surface area (Å²) in [5, 5.41) is 13.7. The van der Waals surface area contributed by atoms with Gasteiger partial charge < -0.3 is 15.3 Å². The van der Waals surface area contributed by atoms with Gasteiger partial charge in [0.15, 0.2) is 0 Å². The van der Waals surface area contributed by atoms with E-state index in [0.29, 0.717) is 13.0 Å². The van der Waals surface area contributed by atoms with Crippen LogP contribution in [0.1, 0.15) is 37.5 Å². The van der Waals surface area contributed by atoms with Gasteiger partial charge in [0.25, 0.3) is 0 Å². The Bertz CT molecular complexity index is 457. The lowest BCUT2D eigenvalue weighted by Gasteiger charge is -2.24. The molecule has 2 rings (SSSR count). The normalized spacial score (nSPS) is 15.7. The smallest absolute Gasteiger partial charge is 0.326 e. The van der Waals surface area contributed by atoms with E-state index in [4.69, 9.17) is 5.11 Å². The number of amides is 2. The molecule has 0 aromatic carbocycles. The first kappa shape index (κ1) is 14.8. The van der Waals surface area contributed by atoms with Crippen LogP contribution in [-0.2, 0) is 11.3 Å². The van der Waals surface area contributed by atoms with E-state index in [9.17, 15) is 9.59 Å². The average molecular weight is 296 g/mol. The maximum Gasteiger partial charge on any atom is 0.326 e. The molecule has 1 aliphatic carbocycles. The highest BCUT2D eigenvalue weighted by Gasteiger charge is 2.34. The Morgan fingerprint density at radius 2 is 2.30 bits per heavy atom. The standard InChI is InChI=1S/C14H20N2O3S/c1-2-4-12(13(17)18)15-14(19)16(10-6-7-10)9-11-5-3-8-20-11/h3,5,8,10,12H,2,4,6-7,9H2,1H3,(H,15,19)(H,17,18)/t12-/m1/s1. The topological polar surface area (TPSA) is 69.6 Å². The fraction of sp³-hybridized carbons (Fsp3) is 0.571. The summed E-state index contributed by atoms with van der Waals surface area (Å²) >= 11 is 1.61. The molecule has 0 aliphatic heterocycles. The predicted molar refractivity (Wildman–Crippen MR) is 77.7 cm³/mol. The van der Waals surface area contributed by atoms with Gasteiger partial charge in [0.2, 0.25) is 0 Å². The SMILES string of the molecule is CCC[C@@H](NC(=O)N(Cc1cccs1)C1CC1)C(=O)O. The van der Waals surface area contributed by atoms with Crippen molar-refractivity contribution in [2.45, 2.75) is 51.2 Å². The Balaban J connectivity index is 1.97. The van der Waals surface area contributed by atoms with E-state index in [1.165, 1.54) is 0 Å². The summed E-state index contributed by atoms with van der Waals surface area (Å²) in [5.74, 6) is -0.966. The number of rotatable bonds is 7. The van der Waals surface area contributed by atoms with Gasteiger partial charge >= 0.3 is 12.0 Å². The summed E-state index contributed by atoms with van der Waals surface area (Å²) in [7, 11) is 0. The predicted octanol–water partition coefficient (Wildman–Crippen LogP) is 2.68. The second-order valence-corrected chi connectivity index (χ2v) is 6.10. The van der Waals surface area contributed by atoms with Crippen LogP contribution in [-0.4, -0.2) is 34.1 Å². The number of carbonyl (C=O) groups is 2. The molecular weight excluding hydrogens is 276 g/mol. The summed E-state index contributed by atoms with van der Waals surface area (Å²) < 4.78 is 0. The first-order chi connectivity index (χ1) is 9.61. The van der Waals surface area contributed by atoms with E-state index in [0.717, 1.165) is 24.1 Å². The molecule has 6 heteroatoms. The Labute approximate surface area is 122 Å². The maximum absolute atomic E-state index is 12.3. The molecule has 2 amide bonds.